The normalized spacial score (nSPS) is 15.8. The molecule has 1 amide bonds. The maximum Gasteiger partial charge on any atom is 0.220 e. The molecule has 1 aromatic rings. The van der Waals surface area contributed by atoms with E-state index in [0.29, 0.717) is 12.3 Å². The van der Waals surface area contributed by atoms with Gasteiger partial charge in [0.25, 0.3) is 0 Å². The van der Waals surface area contributed by atoms with E-state index in [-0.39, 0.29) is 5.91 Å². The zero-order valence-corrected chi connectivity index (χ0v) is 15.5. The number of rotatable bonds is 7. The number of nitrogen functional groups attached to an aromatic ring is 1. The summed E-state index contributed by atoms with van der Waals surface area (Å²) < 4.78 is 0. The minimum Gasteiger partial charge on any atom is -0.397 e. The molecule has 134 valence electrons. The molecule has 0 unspecified atom stereocenters. The summed E-state index contributed by atoms with van der Waals surface area (Å²) in [5, 5.41) is 2.99. The van der Waals surface area contributed by atoms with Gasteiger partial charge in [-0.3, -0.25) is 4.79 Å². The van der Waals surface area contributed by atoms with Gasteiger partial charge in [-0.1, -0.05) is 26.8 Å². The van der Waals surface area contributed by atoms with Gasteiger partial charge in [0, 0.05) is 26.1 Å². The molecule has 0 atom stereocenters. The van der Waals surface area contributed by atoms with Gasteiger partial charge in [-0.2, -0.15) is 0 Å². The molecule has 1 aliphatic rings. The van der Waals surface area contributed by atoms with E-state index in [1.165, 1.54) is 12.8 Å². The van der Waals surface area contributed by atoms with E-state index < -0.39 is 0 Å². The van der Waals surface area contributed by atoms with E-state index in [2.05, 4.69) is 43.1 Å². The standard InChI is InChI=1S/C20H33N3O/c1-15(2)8-11-22-20(24)7-5-17-4-6-19(18(21)14-17)23-12-9-16(3)10-13-23/h4,6,14-16H,5,7-13,21H2,1-3H3,(H,22,24). The number of carbonyl (C=O) groups is 1. The molecule has 0 saturated carbocycles. The second-order valence-corrected chi connectivity index (χ2v) is 7.60. The summed E-state index contributed by atoms with van der Waals surface area (Å²) in [5.41, 5.74) is 9.38. The molecule has 0 spiro atoms. The van der Waals surface area contributed by atoms with Crippen molar-refractivity contribution in [2.75, 3.05) is 30.3 Å². The zero-order valence-electron chi connectivity index (χ0n) is 15.5. The second kappa shape index (κ2) is 8.95. The number of benzene rings is 1. The summed E-state index contributed by atoms with van der Waals surface area (Å²) in [6, 6.07) is 6.28. The number of nitrogens with one attached hydrogen (secondary N) is 1. The Bertz CT molecular complexity index is 534. The molecular formula is C20H33N3O. The van der Waals surface area contributed by atoms with Crippen LogP contribution in [0.1, 0.15) is 52.0 Å². The third kappa shape index (κ3) is 5.73. The number of hydrogen-bond acceptors (Lipinski definition) is 3. The highest BCUT2D eigenvalue weighted by Gasteiger charge is 2.17. The van der Waals surface area contributed by atoms with Crippen LogP contribution in [0.3, 0.4) is 0 Å². The Balaban J connectivity index is 1.82. The van der Waals surface area contributed by atoms with Gasteiger partial charge >= 0.3 is 0 Å². The first-order chi connectivity index (χ1) is 11.5. The highest BCUT2D eigenvalue weighted by Crippen LogP contribution is 2.29. The van der Waals surface area contributed by atoms with E-state index in [0.717, 1.165) is 55.3 Å². The Morgan fingerprint density at radius 1 is 1.33 bits per heavy atom. The van der Waals surface area contributed by atoms with E-state index in [4.69, 9.17) is 5.73 Å². The van der Waals surface area contributed by atoms with Crippen LogP contribution in [-0.2, 0) is 11.2 Å². The van der Waals surface area contributed by atoms with Crippen molar-refractivity contribution in [3.05, 3.63) is 23.8 Å². The number of anilines is 2. The molecule has 1 fully saturated rings. The average molecular weight is 332 g/mol. The van der Waals surface area contributed by atoms with Gasteiger partial charge in [0.05, 0.1) is 11.4 Å². The molecular weight excluding hydrogens is 298 g/mol. The predicted octanol–water partition coefficient (Wildman–Crippen LogP) is 3.60. The number of hydrogen-bond donors (Lipinski definition) is 2. The molecule has 24 heavy (non-hydrogen) atoms. The quantitative estimate of drug-likeness (QED) is 0.751. The Morgan fingerprint density at radius 3 is 2.67 bits per heavy atom. The Labute approximate surface area is 146 Å². The third-order valence-electron chi connectivity index (χ3n) is 4.90. The first kappa shape index (κ1) is 18.6. The monoisotopic (exact) mass is 331 g/mol. The summed E-state index contributed by atoms with van der Waals surface area (Å²) in [6.07, 6.45) is 4.77. The molecule has 1 saturated heterocycles. The van der Waals surface area contributed by atoms with Gasteiger partial charge in [-0.25, -0.2) is 0 Å². The van der Waals surface area contributed by atoms with Crippen molar-refractivity contribution in [1.82, 2.24) is 5.32 Å². The molecule has 1 aliphatic heterocycles. The number of nitrogens with zero attached hydrogens (tertiary/aromatic N) is 1. The van der Waals surface area contributed by atoms with Crippen LogP contribution in [0.4, 0.5) is 11.4 Å². The molecule has 0 radical (unpaired) electrons. The SMILES string of the molecule is CC(C)CCNC(=O)CCc1ccc(N2CCC(C)CC2)c(N)c1. The van der Waals surface area contributed by atoms with Gasteiger partial charge in [0.1, 0.15) is 0 Å². The first-order valence-electron chi connectivity index (χ1n) is 9.35. The van der Waals surface area contributed by atoms with E-state index in [1.807, 2.05) is 6.07 Å². The average Bonchev–Trinajstić information content (AvgIpc) is 2.54. The summed E-state index contributed by atoms with van der Waals surface area (Å²) in [6.45, 7) is 9.59. The van der Waals surface area contributed by atoms with Crippen molar-refractivity contribution < 1.29 is 4.79 Å². The van der Waals surface area contributed by atoms with Crippen LogP contribution >= 0.6 is 0 Å². The van der Waals surface area contributed by atoms with Crippen LogP contribution in [0.25, 0.3) is 0 Å². The first-order valence-corrected chi connectivity index (χ1v) is 9.35. The topological polar surface area (TPSA) is 58.4 Å². The van der Waals surface area contributed by atoms with E-state index >= 15 is 0 Å². The zero-order chi connectivity index (χ0) is 17.5. The fourth-order valence-corrected chi connectivity index (χ4v) is 3.14. The van der Waals surface area contributed by atoms with E-state index in [1.54, 1.807) is 0 Å². The van der Waals surface area contributed by atoms with Crippen LogP contribution in [0.2, 0.25) is 0 Å². The lowest BCUT2D eigenvalue weighted by Gasteiger charge is -2.33. The lowest BCUT2D eigenvalue weighted by Crippen LogP contribution is -2.33. The van der Waals surface area contributed by atoms with Gasteiger partial charge < -0.3 is 16.0 Å². The van der Waals surface area contributed by atoms with Crippen LogP contribution < -0.4 is 16.0 Å². The highest BCUT2D eigenvalue weighted by molar-refractivity contribution is 5.76. The summed E-state index contributed by atoms with van der Waals surface area (Å²) in [4.78, 5) is 14.3. The van der Waals surface area contributed by atoms with E-state index in [9.17, 15) is 4.79 Å². The summed E-state index contributed by atoms with van der Waals surface area (Å²) in [5.74, 6) is 1.56. The smallest absolute Gasteiger partial charge is 0.220 e. The fraction of sp³-hybridized carbons (Fsp3) is 0.650. The molecule has 4 heteroatoms. The molecule has 0 aromatic heterocycles. The minimum atomic E-state index is 0.128. The third-order valence-corrected chi connectivity index (χ3v) is 4.90. The molecule has 0 bridgehead atoms. The molecule has 4 nitrogen and oxygen atoms in total. The number of aryl methyl sites for hydroxylation is 1. The molecule has 1 aromatic carbocycles. The lowest BCUT2D eigenvalue weighted by molar-refractivity contribution is -0.121. The molecule has 3 N–H and O–H groups in total. The number of nitrogens with two attached hydrogens (primary N) is 1. The maximum absolute atomic E-state index is 11.9. The molecule has 2 rings (SSSR count). The maximum atomic E-state index is 11.9. The van der Waals surface area contributed by atoms with Gasteiger partial charge in [-0.15, -0.1) is 0 Å². The highest BCUT2D eigenvalue weighted by atomic mass is 16.1. The van der Waals surface area contributed by atoms with Crippen molar-refractivity contribution in [1.29, 1.82) is 0 Å². The van der Waals surface area contributed by atoms with Gasteiger partial charge in [0.2, 0.25) is 5.91 Å². The van der Waals surface area contributed by atoms with Crippen molar-refractivity contribution in [3.8, 4) is 0 Å². The van der Waals surface area contributed by atoms with Gasteiger partial charge in [-0.05, 0) is 55.2 Å². The lowest BCUT2D eigenvalue weighted by atomic mass is 9.98. The van der Waals surface area contributed by atoms with Crippen LogP contribution in [-0.4, -0.2) is 25.5 Å². The van der Waals surface area contributed by atoms with Gasteiger partial charge in [0.15, 0.2) is 0 Å². The van der Waals surface area contributed by atoms with Crippen molar-refractivity contribution in [2.24, 2.45) is 11.8 Å². The number of piperidine rings is 1. The summed E-state index contributed by atoms with van der Waals surface area (Å²) >= 11 is 0. The van der Waals surface area contributed by atoms with Crippen LogP contribution in [0.15, 0.2) is 18.2 Å². The number of carbonyl (C=O) groups excluding carboxylic acids is 1. The molecule has 0 aliphatic carbocycles. The summed E-state index contributed by atoms with van der Waals surface area (Å²) in [7, 11) is 0. The van der Waals surface area contributed by atoms with Crippen molar-refractivity contribution in [2.45, 2.75) is 52.9 Å². The predicted molar refractivity (Wildman–Crippen MR) is 102 cm³/mol. The van der Waals surface area contributed by atoms with Crippen LogP contribution in [0.5, 0.6) is 0 Å². The van der Waals surface area contributed by atoms with Crippen molar-refractivity contribution >= 4 is 17.3 Å². The minimum absolute atomic E-state index is 0.128. The number of amides is 1. The molecule has 1 heterocycles. The largest absolute Gasteiger partial charge is 0.397 e. The Morgan fingerprint density at radius 2 is 2.04 bits per heavy atom. The fourth-order valence-electron chi connectivity index (χ4n) is 3.14. The Kier molecular flexibility index (Phi) is 6.95. The second-order valence-electron chi connectivity index (χ2n) is 7.60. The Hall–Kier alpha value is -1.71. The van der Waals surface area contributed by atoms with Crippen LogP contribution in [0, 0.1) is 11.8 Å². The van der Waals surface area contributed by atoms with Crippen molar-refractivity contribution in [3.63, 3.8) is 0 Å².